The summed E-state index contributed by atoms with van der Waals surface area (Å²) in [5.41, 5.74) is 0.600. The van der Waals surface area contributed by atoms with Crippen molar-refractivity contribution in [1.82, 2.24) is 4.90 Å². The number of hydrogen-bond acceptors (Lipinski definition) is 3. The molecule has 0 aliphatic carbocycles. The maximum Gasteiger partial charge on any atom is 0.333 e. The van der Waals surface area contributed by atoms with Crippen LogP contribution < -0.4 is 0 Å². The van der Waals surface area contributed by atoms with Crippen LogP contribution in [-0.4, -0.2) is 38.1 Å². The van der Waals surface area contributed by atoms with E-state index in [-0.39, 0.29) is 5.97 Å². The first kappa shape index (κ1) is 10.3. The molecule has 0 radical (unpaired) electrons. The number of esters is 1. The van der Waals surface area contributed by atoms with E-state index in [1.165, 1.54) is 7.11 Å². The molecule has 1 heterocycles. The number of rotatable bonds is 3. The third-order valence-electron chi connectivity index (χ3n) is 2.50. The third-order valence-corrected chi connectivity index (χ3v) is 2.50. The number of ether oxygens (including phenoxy) is 1. The Kier molecular flexibility index (Phi) is 3.48. The molecule has 13 heavy (non-hydrogen) atoms. The minimum Gasteiger partial charge on any atom is -0.466 e. The molecule has 0 N–H and O–H groups in total. The van der Waals surface area contributed by atoms with Crippen molar-refractivity contribution in [3.63, 3.8) is 0 Å². The van der Waals surface area contributed by atoms with Gasteiger partial charge in [-0.3, -0.25) is 0 Å². The van der Waals surface area contributed by atoms with Gasteiger partial charge in [0.2, 0.25) is 0 Å². The summed E-state index contributed by atoms with van der Waals surface area (Å²) < 4.78 is 4.60. The smallest absolute Gasteiger partial charge is 0.333 e. The molecule has 1 aliphatic heterocycles. The molecule has 0 bridgehead atoms. The molecular weight excluding hydrogens is 166 g/mol. The number of hydrogen-bond donors (Lipinski definition) is 0. The molecule has 1 atom stereocenters. The van der Waals surface area contributed by atoms with Gasteiger partial charge in [-0.1, -0.05) is 6.58 Å². The maximum atomic E-state index is 11.0. The van der Waals surface area contributed by atoms with Gasteiger partial charge in [-0.15, -0.1) is 0 Å². The average molecular weight is 183 g/mol. The Morgan fingerprint density at radius 1 is 1.69 bits per heavy atom. The molecule has 0 aromatic carbocycles. The third kappa shape index (κ3) is 2.84. The van der Waals surface area contributed by atoms with Gasteiger partial charge in [-0.25, -0.2) is 4.79 Å². The number of nitrogens with zero attached hydrogens (tertiary/aromatic N) is 1. The monoisotopic (exact) mass is 183 g/mol. The van der Waals surface area contributed by atoms with Crippen molar-refractivity contribution in [2.45, 2.75) is 12.8 Å². The van der Waals surface area contributed by atoms with Gasteiger partial charge in [0.25, 0.3) is 0 Å². The lowest BCUT2D eigenvalue weighted by molar-refractivity contribution is -0.136. The van der Waals surface area contributed by atoms with Gasteiger partial charge in [0, 0.05) is 12.1 Å². The van der Waals surface area contributed by atoms with Crippen LogP contribution >= 0.6 is 0 Å². The summed E-state index contributed by atoms with van der Waals surface area (Å²) in [7, 11) is 3.50. The van der Waals surface area contributed by atoms with E-state index in [1.807, 2.05) is 0 Å². The topological polar surface area (TPSA) is 29.5 Å². The minimum absolute atomic E-state index is 0.269. The molecule has 0 saturated carbocycles. The van der Waals surface area contributed by atoms with Gasteiger partial charge in [-0.05, 0) is 32.4 Å². The van der Waals surface area contributed by atoms with Crippen LogP contribution in [0.2, 0.25) is 0 Å². The van der Waals surface area contributed by atoms with Crippen molar-refractivity contribution in [3.8, 4) is 0 Å². The molecule has 0 amide bonds. The Hall–Kier alpha value is -0.830. The highest BCUT2D eigenvalue weighted by atomic mass is 16.5. The second-order valence-corrected chi connectivity index (χ2v) is 3.72. The van der Waals surface area contributed by atoms with Crippen molar-refractivity contribution in [2.75, 3.05) is 27.2 Å². The van der Waals surface area contributed by atoms with Crippen molar-refractivity contribution < 1.29 is 9.53 Å². The van der Waals surface area contributed by atoms with Gasteiger partial charge in [0.1, 0.15) is 0 Å². The van der Waals surface area contributed by atoms with Crippen molar-refractivity contribution in [3.05, 3.63) is 12.2 Å². The van der Waals surface area contributed by atoms with E-state index in [9.17, 15) is 4.79 Å². The zero-order valence-electron chi connectivity index (χ0n) is 8.38. The fourth-order valence-corrected chi connectivity index (χ4v) is 1.77. The molecule has 3 heteroatoms. The largest absolute Gasteiger partial charge is 0.466 e. The first-order chi connectivity index (χ1) is 6.13. The van der Waals surface area contributed by atoms with E-state index in [0.29, 0.717) is 11.5 Å². The Labute approximate surface area is 79.4 Å². The highest BCUT2D eigenvalue weighted by Crippen LogP contribution is 2.21. The molecule has 1 fully saturated rings. The van der Waals surface area contributed by atoms with Crippen LogP contribution in [-0.2, 0) is 9.53 Å². The van der Waals surface area contributed by atoms with Gasteiger partial charge in [-0.2, -0.15) is 0 Å². The van der Waals surface area contributed by atoms with E-state index < -0.39 is 0 Å². The zero-order valence-corrected chi connectivity index (χ0v) is 8.38. The second-order valence-electron chi connectivity index (χ2n) is 3.72. The fourth-order valence-electron chi connectivity index (χ4n) is 1.77. The first-order valence-corrected chi connectivity index (χ1v) is 4.58. The zero-order chi connectivity index (χ0) is 9.84. The lowest BCUT2D eigenvalue weighted by atomic mass is 10.00. The Morgan fingerprint density at radius 2 is 2.38 bits per heavy atom. The predicted octanol–water partition coefficient (Wildman–Crippen LogP) is 1.06. The fraction of sp³-hybridized carbons (Fsp3) is 0.700. The summed E-state index contributed by atoms with van der Waals surface area (Å²) in [4.78, 5) is 13.3. The van der Waals surface area contributed by atoms with Gasteiger partial charge < -0.3 is 9.64 Å². The van der Waals surface area contributed by atoms with Gasteiger partial charge in [0.15, 0.2) is 0 Å². The SMILES string of the molecule is C=C(CC1CCN(C)C1)C(=O)OC. The molecule has 3 nitrogen and oxygen atoms in total. The predicted molar refractivity (Wildman–Crippen MR) is 51.4 cm³/mol. The molecule has 0 spiro atoms. The molecule has 0 aromatic rings. The van der Waals surface area contributed by atoms with Crippen molar-refractivity contribution in [1.29, 1.82) is 0 Å². The molecule has 1 unspecified atom stereocenters. The standard InChI is InChI=1S/C10H17NO2/c1-8(10(12)13-3)6-9-4-5-11(2)7-9/h9H,1,4-7H2,2-3H3. The van der Waals surface area contributed by atoms with E-state index >= 15 is 0 Å². The highest BCUT2D eigenvalue weighted by Gasteiger charge is 2.21. The van der Waals surface area contributed by atoms with Crippen LogP contribution in [0.4, 0.5) is 0 Å². The molecule has 0 aromatic heterocycles. The molecular formula is C10H17NO2. The number of methoxy groups -OCH3 is 1. The molecule has 1 aliphatic rings. The van der Waals surface area contributed by atoms with E-state index in [4.69, 9.17) is 0 Å². The van der Waals surface area contributed by atoms with Gasteiger partial charge >= 0.3 is 5.97 Å². The Morgan fingerprint density at radius 3 is 2.85 bits per heavy atom. The quantitative estimate of drug-likeness (QED) is 0.484. The Bertz CT molecular complexity index is 213. The molecule has 1 saturated heterocycles. The van der Waals surface area contributed by atoms with Crippen LogP contribution in [0.3, 0.4) is 0 Å². The minimum atomic E-state index is -0.269. The maximum absolute atomic E-state index is 11.0. The summed E-state index contributed by atoms with van der Waals surface area (Å²) in [6.45, 7) is 5.91. The lowest BCUT2D eigenvalue weighted by Crippen LogP contribution is -2.15. The van der Waals surface area contributed by atoms with Crippen LogP contribution in [0.25, 0.3) is 0 Å². The lowest BCUT2D eigenvalue weighted by Gasteiger charge is -2.10. The van der Waals surface area contributed by atoms with Gasteiger partial charge in [0.05, 0.1) is 7.11 Å². The summed E-state index contributed by atoms with van der Waals surface area (Å²) in [6.07, 6.45) is 1.93. The number of likely N-dealkylation sites (tertiary alicyclic amines) is 1. The van der Waals surface area contributed by atoms with E-state index in [0.717, 1.165) is 25.9 Å². The van der Waals surface area contributed by atoms with Crippen molar-refractivity contribution in [2.24, 2.45) is 5.92 Å². The van der Waals surface area contributed by atoms with Crippen LogP contribution in [0, 0.1) is 5.92 Å². The summed E-state index contributed by atoms with van der Waals surface area (Å²) >= 11 is 0. The van der Waals surface area contributed by atoms with E-state index in [2.05, 4.69) is 23.3 Å². The van der Waals surface area contributed by atoms with Crippen LogP contribution in [0.15, 0.2) is 12.2 Å². The van der Waals surface area contributed by atoms with E-state index in [1.54, 1.807) is 0 Å². The normalized spacial score (nSPS) is 23.1. The number of carbonyl (C=O) groups is 1. The van der Waals surface area contributed by atoms with Crippen molar-refractivity contribution >= 4 is 5.97 Å². The summed E-state index contributed by atoms with van der Waals surface area (Å²) in [6, 6.07) is 0. The molecule has 74 valence electrons. The Balaban J connectivity index is 2.32. The highest BCUT2D eigenvalue weighted by molar-refractivity contribution is 5.87. The second kappa shape index (κ2) is 4.42. The molecule has 1 rings (SSSR count). The first-order valence-electron chi connectivity index (χ1n) is 4.58. The number of carbonyl (C=O) groups excluding carboxylic acids is 1. The van der Waals surface area contributed by atoms with Crippen LogP contribution in [0.5, 0.6) is 0 Å². The van der Waals surface area contributed by atoms with Crippen LogP contribution in [0.1, 0.15) is 12.8 Å². The summed E-state index contributed by atoms with van der Waals surface area (Å²) in [5, 5.41) is 0. The average Bonchev–Trinajstić information content (AvgIpc) is 2.49. The summed E-state index contributed by atoms with van der Waals surface area (Å²) in [5.74, 6) is 0.311.